The minimum atomic E-state index is -0.0947. The molecule has 222 valence electrons. The van der Waals surface area contributed by atoms with Gasteiger partial charge in [0.15, 0.2) is 5.82 Å². The molecular weight excluding hydrogens is 573 g/mol. The number of fused-ring (bicyclic) bond motifs is 10. The van der Waals surface area contributed by atoms with Gasteiger partial charge in [0.25, 0.3) is 0 Å². The Bertz CT molecular complexity index is 2710. The van der Waals surface area contributed by atoms with Crippen molar-refractivity contribution in [3.8, 4) is 34.0 Å². The molecule has 0 saturated heterocycles. The van der Waals surface area contributed by atoms with Crippen molar-refractivity contribution < 1.29 is 0 Å². The molecule has 0 amide bonds. The van der Waals surface area contributed by atoms with E-state index in [0.29, 0.717) is 0 Å². The molecule has 1 aliphatic heterocycles. The van der Waals surface area contributed by atoms with Gasteiger partial charge in [-0.3, -0.25) is 0 Å². The summed E-state index contributed by atoms with van der Waals surface area (Å²) in [6, 6.07) is 52.0. The van der Waals surface area contributed by atoms with E-state index in [-0.39, 0.29) is 5.41 Å². The summed E-state index contributed by atoms with van der Waals surface area (Å²) >= 11 is 0. The zero-order valence-electron chi connectivity index (χ0n) is 26.1. The fourth-order valence-electron chi connectivity index (χ4n) is 7.87. The highest BCUT2D eigenvalue weighted by Crippen LogP contribution is 2.48. The van der Waals surface area contributed by atoms with Gasteiger partial charge in [0.2, 0.25) is 0 Å². The summed E-state index contributed by atoms with van der Waals surface area (Å²) in [7, 11) is 0. The van der Waals surface area contributed by atoms with Gasteiger partial charge in [0, 0.05) is 55.2 Å². The van der Waals surface area contributed by atoms with Crippen LogP contribution in [0.15, 0.2) is 146 Å². The second-order valence-electron chi connectivity index (χ2n) is 13.1. The molecular formula is C43H30N4. The van der Waals surface area contributed by atoms with Crippen LogP contribution >= 0.6 is 0 Å². The van der Waals surface area contributed by atoms with Crippen molar-refractivity contribution in [1.29, 1.82) is 0 Å². The van der Waals surface area contributed by atoms with Gasteiger partial charge in [0.1, 0.15) is 0 Å². The molecule has 0 fully saturated rings. The first kappa shape index (κ1) is 26.2. The number of benzene rings is 6. The average molecular weight is 603 g/mol. The lowest BCUT2D eigenvalue weighted by Crippen LogP contribution is -2.14. The zero-order valence-corrected chi connectivity index (χ0v) is 26.1. The summed E-state index contributed by atoms with van der Waals surface area (Å²) < 4.78 is 4.90. The van der Waals surface area contributed by atoms with Gasteiger partial charge < -0.3 is 9.13 Å². The number of hydrogen-bond donors (Lipinski definition) is 0. The highest BCUT2D eigenvalue weighted by Gasteiger charge is 2.37. The first-order valence-electron chi connectivity index (χ1n) is 16.2. The van der Waals surface area contributed by atoms with Crippen molar-refractivity contribution in [1.82, 2.24) is 19.1 Å². The Morgan fingerprint density at radius 2 is 1.23 bits per heavy atom. The summed E-state index contributed by atoms with van der Waals surface area (Å²) in [6.07, 6.45) is 0. The van der Waals surface area contributed by atoms with Crippen LogP contribution in [-0.4, -0.2) is 19.1 Å². The van der Waals surface area contributed by atoms with Crippen molar-refractivity contribution >= 4 is 43.6 Å². The van der Waals surface area contributed by atoms with Crippen molar-refractivity contribution in [3.05, 3.63) is 157 Å². The van der Waals surface area contributed by atoms with Gasteiger partial charge >= 0.3 is 0 Å². The molecule has 6 aromatic carbocycles. The molecule has 0 unspecified atom stereocenters. The number of aromatic nitrogens is 4. The summed E-state index contributed by atoms with van der Waals surface area (Å²) in [6.45, 7) is 4.68. The third-order valence-corrected chi connectivity index (χ3v) is 10.1. The van der Waals surface area contributed by atoms with Gasteiger partial charge in [0.05, 0.1) is 27.8 Å². The van der Waals surface area contributed by atoms with Crippen LogP contribution in [0.2, 0.25) is 0 Å². The highest BCUT2D eigenvalue weighted by atomic mass is 15.1. The molecule has 0 saturated carbocycles. The van der Waals surface area contributed by atoms with Gasteiger partial charge in [-0.25, -0.2) is 9.97 Å². The Kier molecular flexibility index (Phi) is 5.31. The fourth-order valence-corrected chi connectivity index (χ4v) is 7.87. The minimum Gasteiger partial charge on any atom is -0.312 e. The third kappa shape index (κ3) is 3.64. The number of hydrogen-bond acceptors (Lipinski definition) is 2. The Balaban J connectivity index is 1.24. The maximum atomic E-state index is 5.19. The maximum absolute atomic E-state index is 5.19. The van der Waals surface area contributed by atoms with Gasteiger partial charge in [-0.15, -0.1) is 0 Å². The fraction of sp³-hybridized carbons (Fsp3) is 0.0698. The van der Waals surface area contributed by atoms with E-state index in [4.69, 9.17) is 9.97 Å². The van der Waals surface area contributed by atoms with Crippen LogP contribution in [0.3, 0.4) is 0 Å². The lowest BCUT2D eigenvalue weighted by atomic mass is 9.83. The molecule has 10 rings (SSSR count). The minimum absolute atomic E-state index is 0.0947. The molecule has 47 heavy (non-hydrogen) atoms. The first-order valence-corrected chi connectivity index (χ1v) is 16.2. The topological polar surface area (TPSA) is 35.6 Å². The zero-order chi connectivity index (χ0) is 31.3. The summed E-state index contributed by atoms with van der Waals surface area (Å²) in [4.78, 5) is 10.3. The second kappa shape index (κ2) is 9.51. The van der Waals surface area contributed by atoms with E-state index in [2.05, 4.69) is 156 Å². The molecule has 1 aliphatic rings. The standard InChI is InChI=1S/C43H30N4/c1-43(2)34-19-8-11-22-38(34)47-37-24-23-31-30-17-7-10-21-36(30)46(41(31)33(37)26-39(43)47)29-16-12-15-28(25-29)42-44-35-20-9-6-18-32(35)40(45-42)27-13-4-3-5-14-27/h3-26H,1-2H3. The van der Waals surface area contributed by atoms with E-state index in [1.54, 1.807) is 0 Å². The van der Waals surface area contributed by atoms with E-state index in [0.717, 1.165) is 39.2 Å². The lowest BCUT2D eigenvalue weighted by molar-refractivity contribution is 0.645. The van der Waals surface area contributed by atoms with Gasteiger partial charge in [-0.05, 0) is 48.0 Å². The van der Waals surface area contributed by atoms with Crippen molar-refractivity contribution in [3.63, 3.8) is 0 Å². The molecule has 0 bridgehead atoms. The maximum Gasteiger partial charge on any atom is 0.160 e. The predicted molar refractivity (Wildman–Crippen MR) is 194 cm³/mol. The third-order valence-electron chi connectivity index (χ3n) is 10.1. The molecule has 4 nitrogen and oxygen atoms in total. The number of para-hydroxylation sites is 3. The Labute approximate surface area is 272 Å². The molecule has 0 atom stereocenters. The number of rotatable bonds is 3. The normalized spacial score (nSPS) is 13.5. The van der Waals surface area contributed by atoms with Crippen LogP contribution in [0, 0.1) is 0 Å². The Morgan fingerprint density at radius 3 is 2.13 bits per heavy atom. The molecule has 0 spiro atoms. The Morgan fingerprint density at radius 1 is 0.511 bits per heavy atom. The molecule has 4 heterocycles. The quantitative estimate of drug-likeness (QED) is 0.202. The van der Waals surface area contributed by atoms with Crippen LogP contribution in [0.4, 0.5) is 0 Å². The highest BCUT2D eigenvalue weighted by molar-refractivity contribution is 6.19. The van der Waals surface area contributed by atoms with Crippen LogP contribution in [-0.2, 0) is 5.41 Å². The van der Waals surface area contributed by atoms with Crippen molar-refractivity contribution in [2.75, 3.05) is 0 Å². The average Bonchev–Trinajstić information content (AvgIpc) is 3.75. The van der Waals surface area contributed by atoms with Crippen molar-refractivity contribution in [2.24, 2.45) is 0 Å². The van der Waals surface area contributed by atoms with E-state index in [9.17, 15) is 0 Å². The monoisotopic (exact) mass is 602 g/mol. The molecule has 3 aromatic heterocycles. The van der Waals surface area contributed by atoms with Crippen molar-refractivity contribution in [2.45, 2.75) is 19.3 Å². The van der Waals surface area contributed by atoms with Crippen LogP contribution in [0.25, 0.3) is 77.6 Å². The summed E-state index contributed by atoms with van der Waals surface area (Å²) in [5.41, 5.74) is 12.5. The van der Waals surface area contributed by atoms with Crippen LogP contribution in [0.1, 0.15) is 25.1 Å². The summed E-state index contributed by atoms with van der Waals surface area (Å²) in [5.74, 6) is 0.719. The molecule has 9 aromatic rings. The summed E-state index contributed by atoms with van der Waals surface area (Å²) in [5, 5.41) is 4.81. The van der Waals surface area contributed by atoms with Crippen LogP contribution in [0.5, 0.6) is 0 Å². The largest absolute Gasteiger partial charge is 0.312 e. The SMILES string of the molecule is CC1(C)c2ccccc2-n2c1cc1c2ccc2c3ccccc3n(-c3cccc(-c4nc(-c5ccccc5)c5ccccc5n4)c3)c21. The second-order valence-corrected chi connectivity index (χ2v) is 13.1. The van der Waals surface area contributed by atoms with Crippen LogP contribution < -0.4 is 0 Å². The predicted octanol–water partition coefficient (Wildman–Crippen LogP) is 10.6. The van der Waals surface area contributed by atoms with E-state index >= 15 is 0 Å². The smallest absolute Gasteiger partial charge is 0.160 e. The molecule has 0 aliphatic carbocycles. The van der Waals surface area contributed by atoms with E-state index in [1.807, 2.05) is 12.1 Å². The lowest BCUT2D eigenvalue weighted by Gasteiger charge is -2.18. The molecule has 0 radical (unpaired) electrons. The Hall–Kier alpha value is -6.00. The number of nitrogens with zero attached hydrogens (tertiary/aromatic N) is 4. The van der Waals surface area contributed by atoms with E-state index in [1.165, 1.54) is 49.7 Å². The molecule has 4 heteroatoms. The molecule has 0 N–H and O–H groups in total. The first-order chi connectivity index (χ1) is 23.1. The van der Waals surface area contributed by atoms with Gasteiger partial charge in [-0.1, -0.05) is 117 Å². The van der Waals surface area contributed by atoms with E-state index < -0.39 is 0 Å². The van der Waals surface area contributed by atoms with Gasteiger partial charge in [-0.2, -0.15) is 0 Å².